The molecule has 400 valence electrons. The summed E-state index contributed by atoms with van der Waals surface area (Å²) in [6.07, 6.45) is -0.179. The van der Waals surface area contributed by atoms with Gasteiger partial charge < -0.3 is 42.9 Å². The van der Waals surface area contributed by atoms with Crippen LogP contribution in [0.2, 0.25) is 0 Å². The Balaban J connectivity index is 1.31. The molecule has 0 saturated heterocycles. The summed E-state index contributed by atoms with van der Waals surface area (Å²) in [5.74, 6) is -5.94. The summed E-state index contributed by atoms with van der Waals surface area (Å²) >= 11 is 0. The highest BCUT2D eigenvalue weighted by atomic mass is 19.1. The number of primary amides is 1. The second-order valence-electron chi connectivity index (χ2n) is 21.5. The first-order valence-corrected chi connectivity index (χ1v) is 25.4. The first-order chi connectivity index (χ1) is 35.9. The van der Waals surface area contributed by atoms with Crippen molar-refractivity contribution in [2.24, 2.45) is 28.7 Å². The SMILES string of the molecule is CC(C)(C)OC(=O)N(C(=O)[C@@](N)(Cc1ccc(F)cc1)C(=O)OCC1c2ccccc2-c2ccccc21)[C@@H](CC1=C[N+](C(=O)[C@@H](N)CCCCN)(C(=O)[C@@H](N)Cc2ccc(OC(C)(C)C)cc2)c2ccccc21)C(N)=O. The third kappa shape index (κ3) is 12.1. The molecular weight excluding hydrogens is 970 g/mol. The monoisotopic (exact) mass is 1040 g/mol. The van der Waals surface area contributed by atoms with E-state index in [0.29, 0.717) is 35.6 Å². The van der Waals surface area contributed by atoms with E-state index >= 15 is 14.4 Å². The van der Waals surface area contributed by atoms with E-state index in [-0.39, 0.29) is 41.8 Å². The van der Waals surface area contributed by atoms with Crippen molar-refractivity contribution in [1.82, 2.24) is 9.38 Å². The van der Waals surface area contributed by atoms with Gasteiger partial charge in [-0.05, 0) is 131 Å². The zero-order chi connectivity index (χ0) is 55.3. The van der Waals surface area contributed by atoms with Crippen LogP contribution in [0.1, 0.15) is 101 Å². The molecule has 10 N–H and O–H groups in total. The molecule has 1 aliphatic heterocycles. The number of nitrogens with two attached hydrogens (primary N) is 5. The number of para-hydroxylation sites is 1. The predicted molar refractivity (Wildman–Crippen MR) is 288 cm³/mol. The highest BCUT2D eigenvalue weighted by Gasteiger charge is 2.57. The van der Waals surface area contributed by atoms with Crippen molar-refractivity contribution < 1.29 is 47.4 Å². The third-order valence-electron chi connectivity index (χ3n) is 13.4. The van der Waals surface area contributed by atoms with Crippen molar-refractivity contribution >= 4 is 47.0 Å². The van der Waals surface area contributed by atoms with Crippen LogP contribution in [-0.4, -0.2) is 88.6 Å². The lowest BCUT2D eigenvalue weighted by molar-refractivity contribution is -0.159. The topological polar surface area (TPSA) is 263 Å². The van der Waals surface area contributed by atoms with Crippen LogP contribution >= 0.6 is 0 Å². The lowest BCUT2D eigenvalue weighted by atomic mass is 9.88. The summed E-state index contributed by atoms with van der Waals surface area (Å²) < 4.78 is 31.0. The fourth-order valence-corrected chi connectivity index (χ4v) is 9.90. The molecule has 1 aliphatic carbocycles. The van der Waals surface area contributed by atoms with Crippen molar-refractivity contribution in [1.29, 1.82) is 0 Å². The number of fused-ring (bicyclic) bond motifs is 4. The van der Waals surface area contributed by atoms with Gasteiger partial charge in [-0.3, -0.25) is 9.59 Å². The Kier molecular flexibility index (Phi) is 16.9. The number of hydrogen-bond donors (Lipinski definition) is 5. The second kappa shape index (κ2) is 22.8. The Morgan fingerprint density at radius 3 is 1.80 bits per heavy atom. The first kappa shape index (κ1) is 56.3. The lowest BCUT2D eigenvalue weighted by Gasteiger charge is -2.36. The van der Waals surface area contributed by atoms with Crippen molar-refractivity contribution in [2.75, 3.05) is 13.2 Å². The zero-order valence-electron chi connectivity index (χ0n) is 43.9. The van der Waals surface area contributed by atoms with Crippen molar-refractivity contribution in [3.8, 4) is 16.9 Å². The van der Waals surface area contributed by atoms with E-state index in [4.69, 9.17) is 42.9 Å². The molecule has 0 spiro atoms. The summed E-state index contributed by atoms with van der Waals surface area (Å²) in [6, 6.07) is 29.1. The molecule has 16 nitrogen and oxygen atoms in total. The van der Waals surface area contributed by atoms with Gasteiger partial charge in [-0.1, -0.05) is 84.9 Å². The minimum atomic E-state index is -2.80. The van der Waals surface area contributed by atoms with E-state index in [2.05, 4.69) is 0 Å². The molecule has 0 aromatic heterocycles. The third-order valence-corrected chi connectivity index (χ3v) is 13.4. The maximum atomic E-state index is 15.6. The Hall–Kier alpha value is -7.41. The van der Waals surface area contributed by atoms with Crippen LogP contribution in [0.4, 0.5) is 14.9 Å². The van der Waals surface area contributed by atoms with Gasteiger partial charge in [0, 0.05) is 42.4 Å². The van der Waals surface area contributed by atoms with Crippen LogP contribution in [0.25, 0.3) is 16.7 Å². The molecule has 0 bridgehead atoms. The lowest BCUT2D eigenvalue weighted by Crippen LogP contribution is -2.67. The number of esters is 1. The van der Waals surface area contributed by atoms with Gasteiger partial charge in [0.05, 0.1) is 0 Å². The average Bonchev–Trinajstić information content (AvgIpc) is 3.94. The van der Waals surface area contributed by atoms with Crippen LogP contribution in [0.5, 0.6) is 5.75 Å². The smallest absolute Gasteiger partial charge is 0.417 e. The maximum Gasteiger partial charge on any atom is 0.417 e. The normalized spacial score (nSPS) is 16.9. The number of carbonyl (C=O) groups is 6. The number of nitrogens with zero attached hydrogens (tertiary/aromatic N) is 2. The Labute approximate surface area is 442 Å². The molecule has 2 aliphatic rings. The van der Waals surface area contributed by atoms with E-state index in [1.165, 1.54) is 39.1 Å². The standard InChI is InChI=1S/C59H68FN7O9/c1-57(2,3)75-40-28-24-36(25-29-40)31-48(63)53(70)67(52(69)47(62)20-13-14-30-61)34-38(41-15-11-12-21-50(41)67)32-49(51(64)68)66(56(73)76-58(4,5)6)54(71)59(65,33-37-22-26-39(60)27-23-37)55(72)74-35-46-44-18-9-7-16-42(44)43-17-8-10-19-45(43)46/h7-12,15-19,21-29,34,46-49H,13-14,20,30-33,35,61-63,65H2,1-6H3,(H-,64,68)/p+1/t47-,48-,49-,59-,67?/m0/s1. The average molecular weight is 1040 g/mol. The molecule has 7 rings (SSSR count). The number of quaternary nitrogens is 1. The van der Waals surface area contributed by atoms with Crippen LogP contribution in [0.15, 0.2) is 128 Å². The van der Waals surface area contributed by atoms with Gasteiger partial charge in [0.15, 0.2) is 11.2 Å². The van der Waals surface area contributed by atoms with Gasteiger partial charge in [-0.25, -0.2) is 28.5 Å². The van der Waals surface area contributed by atoms with E-state index < -0.39 is 99.6 Å². The Bertz CT molecular complexity index is 2980. The molecule has 0 saturated carbocycles. The number of ether oxygens (including phenoxy) is 3. The fourth-order valence-electron chi connectivity index (χ4n) is 9.90. The van der Waals surface area contributed by atoms with Gasteiger partial charge in [0.25, 0.3) is 5.91 Å². The van der Waals surface area contributed by atoms with Crippen molar-refractivity contribution in [3.05, 3.63) is 161 Å². The summed E-state index contributed by atoms with van der Waals surface area (Å²) in [7, 11) is 0. The molecule has 1 unspecified atom stereocenters. The van der Waals surface area contributed by atoms with E-state index in [9.17, 15) is 18.8 Å². The quantitative estimate of drug-likeness (QED) is 0.0241. The molecule has 5 atom stereocenters. The number of amides is 5. The van der Waals surface area contributed by atoms with E-state index in [0.717, 1.165) is 34.4 Å². The van der Waals surface area contributed by atoms with Gasteiger partial charge in [0.1, 0.15) is 53.7 Å². The van der Waals surface area contributed by atoms with Crippen molar-refractivity contribution in [3.63, 3.8) is 0 Å². The highest BCUT2D eigenvalue weighted by Crippen LogP contribution is 2.46. The molecule has 5 aromatic carbocycles. The molecule has 5 aromatic rings. The van der Waals surface area contributed by atoms with Crippen LogP contribution < -0.4 is 37.9 Å². The minimum Gasteiger partial charge on any atom is -0.488 e. The van der Waals surface area contributed by atoms with Crippen LogP contribution in [0, 0.1) is 5.82 Å². The highest BCUT2D eigenvalue weighted by molar-refractivity contribution is 6.18. The number of imide groups is 2. The van der Waals surface area contributed by atoms with Gasteiger partial charge >= 0.3 is 23.9 Å². The zero-order valence-corrected chi connectivity index (χ0v) is 43.9. The predicted octanol–water partition coefficient (Wildman–Crippen LogP) is 7.05. The van der Waals surface area contributed by atoms with Gasteiger partial charge in [0.2, 0.25) is 5.91 Å². The number of halogens is 1. The molecule has 0 radical (unpaired) electrons. The Morgan fingerprint density at radius 1 is 0.684 bits per heavy atom. The maximum absolute atomic E-state index is 15.6. The molecule has 76 heavy (non-hydrogen) atoms. The van der Waals surface area contributed by atoms with Crippen molar-refractivity contribution in [2.45, 2.75) is 121 Å². The van der Waals surface area contributed by atoms with E-state index in [1.807, 2.05) is 69.3 Å². The van der Waals surface area contributed by atoms with E-state index in [1.54, 1.807) is 48.5 Å². The van der Waals surface area contributed by atoms with Crippen LogP contribution in [-0.2, 0) is 46.3 Å². The number of rotatable bonds is 19. The molecule has 17 heteroatoms. The number of carbonyl (C=O) groups excluding carboxylic acids is 6. The first-order valence-electron chi connectivity index (χ1n) is 25.4. The summed E-state index contributed by atoms with van der Waals surface area (Å²) in [6.45, 7) is 10.4. The molecule has 1 heterocycles. The summed E-state index contributed by atoms with van der Waals surface area (Å²) in [5.41, 5.74) is 32.9. The number of unbranched alkanes of at least 4 members (excludes halogenated alkanes) is 1. The summed E-state index contributed by atoms with van der Waals surface area (Å²) in [4.78, 5) is 90.1. The van der Waals surface area contributed by atoms with Gasteiger partial charge in [-0.15, -0.1) is 4.48 Å². The molecule has 5 amide bonds. The molecular formula is C59H69FN7O9+. The molecule has 0 fully saturated rings. The number of benzene rings is 5. The minimum absolute atomic E-state index is 0.0109. The second-order valence-corrected chi connectivity index (χ2v) is 21.5. The summed E-state index contributed by atoms with van der Waals surface area (Å²) in [5, 5.41) is 0. The van der Waals surface area contributed by atoms with Crippen LogP contribution in [0.3, 0.4) is 0 Å². The largest absolute Gasteiger partial charge is 0.488 e. The Morgan fingerprint density at radius 2 is 1.24 bits per heavy atom. The van der Waals surface area contributed by atoms with Gasteiger partial charge in [-0.2, -0.15) is 0 Å². The number of hydrogen-bond acceptors (Lipinski definition) is 13. The fraction of sp³-hybridized carbons (Fsp3) is 0.356.